The molecular weight excluding hydrogens is 198 g/mol. The zero-order chi connectivity index (χ0) is 11.8. The van der Waals surface area contributed by atoms with Gasteiger partial charge in [0.25, 0.3) is 0 Å². The van der Waals surface area contributed by atoms with Crippen molar-refractivity contribution in [3.63, 3.8) is 0 Å². The third kappa shape index (κ3) is 6.49. The topological polar surface area (TPSA) is 21.3 Å². The quantitative estimate of drug-likeness (QED) is 0.674. The standard InChI is InChI=1S/C14H29NO/c1-12(2)11-15-9-4-10-16-14-7-5-13(3)6-8-14/h12-15H,4-11H2,1-3H3. The molecule has 16 heavy (non-hydrogen) atoms. The Labute approximate surface area is 101 Å². The summed E-state index contributed by atoms with van der Waals surface area (Å²) >= 11 is 0. The first kappa shape index (κ1) is 14.0. The van der Waals surface area contributed by atoms with E-state index in [2.05, 4.69) is 26.1 Å². The summed E-state index contributed by atoms with van der Waals surface area (Å²) in [7, 11) is 0. The summed E-state index contributed by atoms with van der Waals surface area (Å²) in [6.45, 7) is 10.00. The Kier molecular flexibility index (Phi) is 7.06. The maximum absolute atomic E-state index is 5.90. The van der Waals surface area contributed by atoms with Crippen LogP contribution in [0, 0.1) is 11.8 Å². The third-order valence-electron chi connectivity index (χ3n) is 3.37. The van der Waals surface area contributed by atoms with E-state index < -0.39 is 0 Å². The summed E-state index contributed by atoms with van der Waals surface area (Å²) < 4.78 is 5.90. The summed E-state index contributed by atoms with van der Waals surface area (Å²) in [5.74, 6) is 1.67. The van der Waals surface area contributed by atoms with Crippen LogP contribution in [-0.2, 0) is 4.74 Å². The number of rotatable bonds is 7. The second-order valence-corrected chi connectivity index (χ2v) is 5.70. The lowest BCUT2D eigenvalue weighted by Gasteiger charge is -2.26. The van der Waals surface area contributed by atoms with Crippen LogP contribution in [0.1, 0.15) is 52.9 Å². The fourth-order valence-corrected chi connectivity index (χ4v) is 2.23. The van der Waals surface area contributed by atoms with E-state index in [1.807, 2.05) is 0 Å². The first-order chi connectivity index (χ1) is 7.68. The van der Waals surface area contributed by atoms with Gasteiger partial charge in [-0.1, -0.05) is 20.8 Å². The molecule has 1 aliphatic carbocycles. The highest BCUT2D eigenvalue weighted by atomic mass is 16.5. The van der Waals surface area contributed by atoms with Gasteiger partial charge in [0.15, 0.2) is 0 Å². The van der Waals surface area contributed by atoms with E-state index in [0.717, 1.165) is 38.0 Å². The largest absolute Gasteiger partial charge is 0.378 e. The third-order valence-corrected chi connectivity index (χ3v) is 3.37. The minimum absolute atomic E-state index is 0.557. The normalized spacial score (nSPS) is 26.2. The molecule has 96 valence electrons. The SMILES string of the molecule is CC(C)CNCCCOC1CCC(C)CC1. The molecule has 0 aliphatic heterocycles. The van der Waals surface area contributed by atoms with Gasteiger partial charge in [-0.05, 0) is 57.0 Å². The lowest BCUT2D eigenvalue weighted by atomic mass is 9.89. The Morgan fingerprint density at radius 3 is 2.50 bits per heavy atom. The first-order valence-corrected chi connectivity index (χ1v) is 7.00. The lowest BCUT2D eigenvalue weighted by molar-refractivity contribution is 0.0188. The van der Waals surface area contributed by atoms with Gasteiger partial charge in [-0.3, -0.25) is 0 Å². The van der Waals surface area contributed by atoms with Crippen molar-refractivity contribution in [1.82, 2.24) is 5.32 Å². The van der Waals surface area contributed by atoms with Gasteiger partial charge >= 0.3 is 0 Å². The molecule has 1 aliphatic rings. The lowest BCUT2D eigenvalue weighted by Crippen LogP contribution is -2.24. The van der Waals surface area contributed by atoms with Crippen LogP contribution in [-0.4, -0.2) is 25.8 Å². The Morgan fingerprint density at radius 1 is 1.19 bits per heavy atom. The second kappa shape index (κ2) is 8.08. The van der Waals surface area contributed by atoms with Crippen molar-refractivity contribution in [2.24, 2.45) is 11.8 Å². The van der Waals surface area contributed by atoms with E-state index in [4.69, 9.17) is 4.74 Å². The minimum atomic E-state index is 0.557. The van der Waals surface area contributed by atoms with Crippen LogP contribution in [0.3, 0.4) is 0 Å². The van der Waals surface area contributed by atoms with E-state index >= 15 is 0 Å². The van der Waals surface area contributed by atoms with E-state index in [-0.39, 0.29) is 0 Å². The molecule has 2 heteroatoms. The van der Waals surface area contributed by atoms with Crippen LogP contribution in [0.25, 0.3) is 0 Å². The fraction of sp³-hybridized carbons (Fsp3) is 1.00. The summed E-state index contributed by atoms with van der Waals surface area (Å²) in [6, 6.07) is 0. The number of hydrogen-bond donors (Lipinski definition) is 1. The van der Waals surface area contributed by atoms with Crippen LogP contribution < -0.4 is 5.32 Å². The maximum atomic E-state index is 5.90. The molecule has 0 unspecified atom stereocenters. The molecule has 0 bridgehead atoms. The van der Waals surface area contributed by atoms with Crippen molar-refractivity contribution in [2.45, 2.75) is 59.0 Å². The predicted molar refractivity (Wildman–Crippen MR) is 69.7 cm³/mol. The maximum Gasteiger partial charge on any atom is 0.0575 e. The van der Waals surface area contributed by atoms with Gasteiger partial charge in [-0.2, -0.15) is 0 Å². The Hall–Kier alpha value is -0.0800. The summed E-state index contributed by atoms with van der Waals surface area (Å²) in [5.41, 5.74) is 0. The van der Waals surface area contributed by atoms with Crippen LogP contribution in [0.5, 0.6) is 0 Å². The number of hydrogen-bond acceptors (Lipinski definition) is 2. The van der Waals surface area contributed by atoms with Crippen molar-refractivity contribution >= 4 is 0 Å². The van der Waals surface area contributed by atoms with E-state index in [1.165, 1.54) is 25.7 Å². The van der Waals surface area contributed by atoms with Gasteiger partial charge in [0.05, 0.1) is 6.10 Å². The highest BCUT2D eigenvalue weighted by Gasteiger charge is 2.17. The van der Waals surface area contributed by atoms with Crippen molar-refractivity contribution < 1.29 is 4.74 Å². The van der Waals surface area contributed by atoms with Crippen LogP contribution in [0.2, 0.25) is 0 Å². The molecule has 0 atom stereocenters. The Bertz CT molecular complexity index is 162. The number of nitrogens with one attached hydrogen (secondary N) is 1. The molecule has 2 nitrogen and oxygen atoms in total. The highest BCUT2D eigenvalue weighted by molar-refractivity contribution is 4.69. The summed E-state index contributed by atoms with van der Waals surface area (Å²) in [4.78, 5) is 0. The summed E-state index contributed by atoms with van der Waals surface area (Å²) in [5, 5.41) is 3.45. The molecule has 1 saturated carbocycles. The zero-order valence-electron chi connectivity index (χ0n) is 11.3. The monoisotopic (exact) mass is 227 g/mol. The van der Waals surface area contributed by atoms with Gasteiger partial charge < -0.3 is 10.1 Å². The second-order valence-electron chi connectivity index (χ2n) is 5.70. The molecule has 0 amide bonds. The fourth-order valence-electron chi connectivity index (χ4n) is 2.23. The molecule has 1 rings (SSSR count). The van der Waals surface area contributed by atoms with Gasteiger partial charge in [0.1, 0.15) is 0 Å². The molecule has 1 N–H and O–H groups in total. The average Bonchev–Trinajstić information content (AvgIpc) is 2.25. The van der Waals surface area contributed by atoms with E-state index in [1.54, 1.807) is 0 Å². The molecule has 0 heterocycles. The van der Waals surface area contributed by atoms with Gasteiger partial charge in [0.2, 0.25) is 0 Å². The molecular formula is C14H29NO. The highest BCUT2D eigenvalue weighted by Crippen LogP contribution is 2.25. The Morgan fingerprint density at radius 2 is 1.88 bits per heavy atom. The van der Waals surface area contributed by atoms with Crippen molar-refractivity contribution in [1.29, 1.82) is 0 Å². The van der Waals surface area contributed by atoms with Crippen molar-refractivity contribution in [3.05, 3.63) is 0 Å². The molecule has 1 fully saturated rings. The van der Waals surface area contributed by atoms with Crippen molar-refractivity contribution in [3.8, 4) is 0 Å². The average molecular weight is 227 g/mol. The first-order valence-electron chi connectivity index (χ1n) is 7.00. The van der Waals surface area contributed by atoms with Gasteiger partial charge in [-0.25, -0.2) is 0 Å². The molecule has 0 saturated heterocycles. The van der Waals surface area contributed by atoms with Gasteiger partial charge in [0, 0.05) is 6.61 Å². The molecule has 0 aromatic carbocycles. The minimum Gasteiger partial charge on any atom is -0.378 e. The molecule has 0 spiro atoms. The predicted octanol–water partition coefficient (Wildman–Crippen LogP) is 3.22. The van der Waals surface area contributed by atoms with Crippen LogP contribution in [0.15, 0.2) is 0 Å². The molecule has 0 aromatic rings. The van der Waals surface area contributed by atoms with E-state index in [9.17, 15) is 0 Å². The van der Waals surface area contributed by atoms with Crippen LogP contribution >= 0.6 is 0 Å². The summed E-state index contributed by atoms with van der Waals surface area (Å²) in [6.07, 6.45) is 6.98. The molecule has 0 radical (unpaired) electrons. The smallest absolute Gasteiger partial charge is 0.0575 e. The zero-order valence-corrected chi connectivity index (χ0v) is 11.3. The molecule has 0 aromatic heterocycles. The van der Waals surface area contributed by atoms with E-state index in [0.29, 0.717) is 6.10 Å². The number of ether oxygens (including phenoxy) is 1. The van der Waals surface area contributed by atoms with Crippen molar-refractivity contribution in [2.75, 3.05) is 19.7 Å². The Balaban J connectivity index is 1.87. The van der Waals surface area contributed by atoms with Crippen LogP contribution in [0.4, 0.5) is 0 Å². The van der Waals surface area contributed by atoms with Gasteiger partial charge in [-0.15, -0.1) is 0 Å².